The van der Waals surface area contributed by atoms with Crippen LogP contribution in [-0.2, 0) is 19.1 Å². The largest absolute Gasteiger partial charge is 0.465 e. The first kappa shape index (κ1) is 15.4. The van der Waals surface area contributed by atoms with Crippen LogP contribution in [0.1, 0.15) is 27.2 Å². The highest BCUT2D eigenvalue weighted by atomic mass is 16.5. The van der Waals surface area contributed by atoms with Crippen molar-refractivity contribution in [2.24, 2.45) is 5.41 Å². The van der Waals surface area contributed by atoms with Crippen molar-refractivity contribution in [3.8, 4) is 0 Å². The molecule has 0 radical (unpaired) electrons. The third-order valence-corrected chi connectivity index (χ3v) is 3.23. The van der Waals surface area contributed by atoms with E-state index < -0.39 is 23.5 Å². The maximum atomic E-state index is 12.2. The lowest BCUT2D eigenvalue weighted by atomic mass is 9.70. The molecule has 0 saturated heterocycles. The van der Waals surface area contributed by atoms with Crippen LogP contribution >= 0.6 is 0 Å². The molecule has 2 atom stereocenters. The number of carbonyl (C=O) groups excluding carboxylic acids is 2. The Morgan fingerprint density at radius 3 is 2.42 bits per heavy atom. The van der Waals surface area contributed by atoms with Crippen LogP contribution in [0, 0.1) is 5.41 Å². The number of ether oxygens (including phenoxy) is 2. The van der Waals surface area contributed by atoms with Gasteiger partial charge in [-0.05, 0) is 20.3 Å². The molecule has 19 heavy (non-hydrogen) atoms. The fraction of sp³-hybridized carbons (Fsp3) is 0.571. The maximum Gasteiger partial charge on any atom is 0.335 e. The number of hydrogen-bond donors (Lipinski definition) is 1. The van der Waals surface area contributed by atoms with Crippen molar-refractivity contribution in [3.63, 3.8) is 0 Å². The normalized spacial score (nSPS) is 25.7. The highest BCUT2D eigenvalue weighted by Crippen LogP contribution is 2.40. The van der Waals surface area contributed by atoms with Gasteiger partial charge in [0.2, 0.25) is 0 Å². The number of allylic oxidation sites excluding steroid dienone is 2. The summed E-state index contributed by atoms with van der Waals surface area (Å²) in [4.78, 5) is 24.2. The third kappa shape index (κ3) is 2.71. The van der Waals surface area contributed by atoms with Crippen molar-refractivity contribution in [2.75, 3.05) is 13.2 Å². The molecule has 1 rings (SSSR count). The topological polar surface area (TPSA) is 72.8 Å². The van der Waals surface area contributed by atoms with E-state index in [1.54, 1.807) is 26.8 Å². The second-order valence-corrected chi connectivity index (χ2v) is 4.18. The van der Waals surface area contributed by atoms with Gasteiger partial charge in [0.1, 0.15) is 5.41 Å². The van der Waals surface area contributed by atoms with Gasteiger partial charge in [0.05, 0.1) is 24.9 Å². The molecule has 0 fully saturated rings. The lowest BCUT2D eigenvalue weighted by Crippen LogP contribution is -2.47. The van der Waals surface area contributed by atoms with Crippen molar-refractivity contribution in [3.05, 3.63) is 23.8 Å². The summed E-state index contributed by atoms with van der Waals surface area (Å²) >= 11 is 0. The molecule has 5 nitrogen and oxygen atoms in total. The van der Waals surface area contributed by atoms with Gasteiger partial charge in [0.15, 0.2) is 0 Å². The summed E-state index contributed by atoms with van der Waals surface area (Å²) in [6.07, 6.45) is 3.68. The molecular weight excluding hydrogens is 248 g/mol. The van der Waals surface area contributed by atoms with E-state index in [-0.39, 0.29) is 25.2 Å². The average Bonchev–Trinajstić information content (AvgIpc) is 2.39. The Hall–Kier alpha value is -1.62. The second kappa shape index (κ2) is 6.52. The molecular formula is C14H20O5. The van der Waals surface area contributed by atoms with Crippen LogP contribution < -0.4 is 0 Å². The fourth-order valence-corrected chi connectivity index (χ4v) is 2.22. The smallest absolute Gasteiger partial charge is 0.335 e. The number of carbonyl (C=O) groups is 2. The van der Waals surface area contributed by atoms with Crippen molar-refractivity contribution >= 4 is 11.9 Å². The summed E-state index contributed by atoms with van der Waals surface area (Å²) < 4.78 is 9.98. The predicted molar refractivity (Wildman–Crippen MR) is 69.2 cm³/mol. The van der Waals surface area contributed by atoms with Gasteiger partial charge in [-0.25, -0.2) is 4.79 Å². The van der Waals surface area contributed by atoms with Crippen LogP contribution in [0.2, 0.25) is 0 Å². The molecule has 0 aliphatic heterocycles. The summed E-state index contributed by atoms with van der Waals surface area (Å²) in [7, 11) is 0. The summed E-state index contributed by atoms with van der Waals surface area (Å²) in [5.74, 6) is -1.20. The molecule has 0 amide bonds. The summed E-state index contributed by atoms with van der Waals surface area (Å²) in [5, 5.41) is 10.2. The first-order valence-electron chi connectivity index (χ1n) is 6.45. The quantitative estimate of drug-likeness (QED) is 0.762. The first-order chi connectivity index (χ1) is 9.04. The molecule has 0 heterocycles. The van der Waals surface area contributed by atoms with Crippen molar-refractivity contribution in [1.29, 1.82) is 0 Å². The molecule has 0 aromatic heterocycles. The number of rotatable bonds is 5. The van der Waals surface area contributed by atoms with Crippen molar-refractivity contribution < 1.29 is 24.2 Å². The molecule has 0 aromatic rings. The first-order valence-corrected chi connectivity index (χ1v) is 6.45. The predicted octanol–water partition coefficient (Wildman–Crippen LogP) is 1.37. The third-order valence-electron chi connectivity index (χ3n) is 3.23. The second-order valence-electron chi connectivity index (χ2n) is 4.18. The Kier molecular flexibility index (Phi) is 5.30. The van der Waals surface area contributed by atoms with Crippen molar-refractivity contribution in [1.82, 2.24) is 0 Å². The van der Waals surface area contributed by atoms with Gasteiger partial charge in [-0.1, -0.05) is 25.2 Å². The highest BCUT2D eigenvalue weighted by molar-refractivity contribution is 5.99. The maximum absolute atomic E-state index is 12.2. The molecule has 0 bridgehead atoms. The number of hydrogen-bond acceptors (Lipinski definition) is 5. The standard InChI is InChI=1S/C14H20O5/c1-4-14(13(17)19-6-3)10(12(16)18-5-2)8-7-9-11(14)15/h7-9,11,15H,4-6H2,1-3H3/t11-,14-/m0/s1. The van der Waals surface area contributed by atoms with E-state index in [0.29, 0.717) is 0 Å². The van der Waals surface area contributed by atoms with Gasteiger partial charge in [0.25, 0.3) is 0 Å². The minimum atomic E-state index is -1.38. The molecule has 1 aliphatic rings. The SMILES string of the molecule is CCOC(=O)C1=CC=C[C@H](O)[C@@]1(CC)C(=O)OCC. The molecule has 0 spiro atoms. The minimum absolute atomic E-state index is 0.144. The number of aliphatic hydroxyl groups excluding tert-OH is 1. The van der Waals surface area contributed by atoms with Crippen molar-refractivity contribution in [2.45, 2.75) is 33.3 Å². The zero-order chi connectivity index (χ0) is 14.5. The van der Waals surface area contributed by atoms with Gasteiger partial charge in [-0.2, -0.15) is 0 Å². The summed E-state index contributed by atoms with van der Waals surface area (Å²) in [6.45, 7) is 5.49. The van der Waals surface area contributed by atoms with E-state index in [1.807, 2.05) is 0 Å². The van der Waals surface area contributed by atoms with E-state index in [0.717, 1.165) is 0 Å². The Labute approximate surface area is 112 Å². The average molecular weight is 268 g/mol. The lowest BCUT2D eigenvalue weighted by molar-refractivity contribution is -0.161. The van der Waals surface area contributed by atoms with E-state index in [2.05, 4.69) is 0 Å². The fourth-order valence-electron chi connectivity index (χ4n) is 2.22. The van der Waals surface area contributed by atoms with E-state index in [1.165, 1.54) is 12.2 Å². The zero-order valence-electron chi connectivity index (χ0n) is 11.5. The van der Waals surface area contributed by atoms with E-state index in [9.17, 15) is 14.7 Å². The summed E-state index contributed by atoms with van der Waals surface area (Å²) in [6, 6.07) is 0. The Balaban J connectivity index is 3.22. The van der Waals surface area contributed by atoms with Gasteiger partial charge < -0.3 is 14.6 Å². The molecule has 5 heteroatoms. The Morgan fingerprint density at radius 1 is 1.26 bits per heavy atom. The molecule has 0 unspecified atom stereocenters. The monoisotopic (exact) mass is 268 g/mol. The lowest BCUT2D eigenvalue weighted by Gasteiger charge is -2.36. The van der Waals surface area contributed by atoms with Crippen LogP contribution in [0.3, 0.4) is 0 Å². The van der Waals surface area contributed by atoms with E-state index >= 15 is 0 Å². The zero-order valence-corrected chi connectivity index (χ0v) is 11.5. The van der Waals surface area contributed by atoms with Crippen LogP contribution in [0.5, 0.6) is 0 Å². The van der Waals surface area contributed by atoms with Gasteiger partial charge >= 0.3 is 11.9 Å². The summed E-state index contributed by atoms with van der Waals surface area (Å²) in [5.41, 5.74) is -1.23. The number of aliphatic hydroxyl groups is 1. The minimum Gasteiger partial charge on any atom is -0.465 e. The molecule has 106 valence electrons. The number of esters is 2. The van der Waals surface area contributed by atoms with Gasteiger partial charge in [-0.15, -0.1) is 0 Å². The van der Waals surface area contributed by atoms with Crippen LogP contribution in [0.4, 0.5) is 0 Å². The van der Waals surface area contributed by atoms with E-state index in [4.69, 9.17) is 9.47 Å². The van der Waals surface area contributed by atoms with Crippen LogP contribution in [-0.4, -0.2) is 36.4 Å². The highest BCUT2D eigenvalue weighted by Gasteiger charge is 2.51. The van der Waals surface area contributed by atoms with Gasteiger partial charge in [-0.3, -0.25) is 4.79 Å². The Bertz CT molecular complexity index is 410. The van der Waals surface area contributed by atoms with Gasteiger partial charge in [0, 0.05) is 0 Å². The molecule has 0 aromatic carbocycles. The van der Waals surface area contributed by atoms with Crippen LogP contribution in [0.25, 0.3) is 0 Å². The Morgan fingerprint density at radius 2 is 1.89 bits per heavy atom. The molecule has 0 saturated carbocycles. The van der Waals surface area contributed by atoms with Crippen LogP contribution in [0.15, 0.2) is 23.8 Å². The molecule has 1 aliphatic carbocycles. The molecule has 1 N–H and O–H groups in total.